The summed E-state index contributed by atoms with van der Waals surface area (Å²) in [6.07, 6.45) is 9.69. The first-order chi connectivity index (χ1) is 14.2. The van der Waals surface area contributed by atoms with Crippen molar-refractivity contribution in [2.24, 2.45) is 0 Å². The molecule has 5 nitrogen and oxygen atoms in total. The second-order valence-electron chi connectivity index (χ2n) is 8.42. The van der Waals surface area contributed by atoms with Crippen molar-refractivity contribution in [2.75, 3.05) is 45.9 Å². The first kappa shape index (κ1) is 20.9. The highest BCUT2D eigenvalue weighted by Gasteiger charge is 2.25. The molecular formula is C23H32BrN3O2. The molecule has 6 heteroatoms. The van der Waals surface area contributed by atoms with E-state index in [1.54, 1.807) is 0 Å². The number of rotatable bonds is 6. The number of carbonyl (C=O) groups is 1. The Hall–Kier alpha value is -1.37. The number of amides is 1. The molecule has 158 valence electrons. The van der Waals surface area contributed by atoms with Crippen LogP contribution in [0.25, 0.3) is 6.08 Å². The Morgan fingerprint density at radius 2 is 1.93 bits per heavy atom. The fraction of sp³-hybridized carbons (Fsp3) is 0.609. The van der Waals surface area contributed by atoms with Gasteiger partial charge in [-0.25, -0.2) is 0 Å². The van der Waals surface area contributed by atoms with Gasteiger partial charge >= 0.3 is 0 Å². The zero-order valence-corrected chi connectivity index (χ0v) is 18.8. The molecule has 0 aliphatic carbocycles. The van der Waals surface area contributed by atoms with Gasteiger partial charge in [0.2, 0.25) is 0 Å². The van der Waals surface area contributed by atoms with E-state index in [1.807, 2.05) is 24.3 Å². The van der Waals surface area contributed by atoms with Crippen molar-refractivity contribution in [1.29, 1.82) is 0 Å². The summed E-state index contributed by atoms with van der Waals surface area (Å²) in [5.41, 5.74) is 1.64. The first-order valence-electron chi connectivity index (χ1n) is 11.1. The minimum Gasteiger partial charge on any atom is -0.488 e. The molecule has 4 rings (SSSR count). The maximum atomic E-state index is 12.5. The molecule has 1 N–H and O–H groups in total. The largest absolute Gasteiger partial charge is 0.488 e. The van der Waals surface area contributed by atoms with E-state index in [-0.39, 0.29) is 5.91 Å². The van der Waals surface area contributed by atoms with Gasteiger partial charge in [-0.15, -0.1) is 0 Å². The third kappa shape index (κ3) is 5.62. The summed E-state index contributed by atoms with van der Waals surface area (Å²) in [4.78, 5) is 17.8. The summed E-state index contributed by atoms with van der Waals surface area (Å²) < 4.78 is 6.70. The van der Waals surface area contributed by atoms with E-state index >= 15 is 0 Å². The van der Waals surface area contributed by atoms with Crippen LogP contribution in [0.2, 0.25) is 0 Å². The Morgan fingerprint density at radius 3 is 2.72 bits per heavy atom. The van der Waals surface area contributed by atoms with Crippen LogP contribution in [0.15, 0.2) is 28.2 Å². The standard InChI is InChI=1S/C23H32BrN3O2/c24-20-5-6-22-18(16-20)15-19(17-29-22)23(28)25-9-4-10-26-13-7-21(8-14-26)27-11-2-1-3-12-27/h5-6,15-16,21H,1-4,7-14,17H2,(H,25,28). The van der Waals surface area contributed by atoms with Crippen molar-refractivity contribution in [1.82, 2.24) is 15.1 Å². The molecule has 1 aromatic carbocycles. The maximum Gasteiger partial charge on any atom is 0.250 e. The lowest BCUT2D eigenvalue weighted by atomic mass is 10.00. The van der Waals surface area contributed by atoms with E-state index in [1.165, 1.54) is 58.3 Å². The molecule has 0 unspecified atom stereocenters. The molecule has 2 fully saturated rings. The molecular weight excluding hydrogens is 430 g/mol. The van der Waals surface area contributed by atoms with Crippen LogP contribution in [0.4, 0.5) is 0 Å². The average Bonchev–Trinajstić information content (AvgIpc) is 2.77. The molecule has 3 heterocycles. The zero-order chi connectivity index (χ0) is 20.1. The summed E-state index contributed by atoms with van der Waals surface area (Å²) in [6.45, 7) is 7.12. The SMILES string of the molecule is O=C(NCCCN1CCC(N2CCCCC2)CC1)C1=Cc2cc(Br)ccc2OC1. The number of likely N-dealkylation sites (tertiary alicyclic amines) is 2. The van der Waals surface area contributed by atoms with Gasteiger partial charge < -0.3 is 19.9 Å². The number of nitrogens with one attached hydrogen (secondary N) is 1. The molecule has 1 amide bonds. The van der Waals surface area contributed by atoms with Crippen molar-refractivity contribution >= 4 is 27.9 Å². The van der Waals surface area contributed by atoms with Crippen molar-refractivity contribution < 1.29 is 9.53 Å². The number of hydrogen-bond acceptors (Lipinski definition) is 4. The lowest BCUT2D eigenvalue weighted by molar-refractivity contribution is -0.117. The van der Waals surface area contributed by atoms with Crippen LogP contribution in [0, 0.1) is 0 Å². The molecule has 3 aliphatic rings. The minimum atomic E-state index is -0.0144. The van der Waals surface area contributed by atoms with Crippen LogP contribution >= 0.6 is 15.9 Å². The Bertz CT molecular complexity index is 738. The molecule has 0 saturated carbocycles. The van der Waals surface area contributed by atoms with E-state index < -0.39 is 0 Å². The van der Waals surface area contributed by atoms with Crippen LogP contribution in [-0.2, 0) is 4.79 Å². The highest BCUT2D eigenvalue weighted by molar-refractivity contribution is 9.10. The van der Waals surface area contributed by atoms with Crippen molar-refractivity contribution in [3.05, 3.63) is 33.8 Å². The number of fused-ring (bicyclic) bond motifs is 1. The quantitative estimate of drug-likeness (QED) is 0.656. The van der Waals surface area contributed by atoms with E-state index in [2.05, 4.69) is 31.0 Å². The van der Waals surface area contributed by atoms with Gasteiger partial charge in [0, 0.05) is 22.6 Å². The summed E-state index contributed by atoms with van der Waals surface area (Å²) in [5.74, 6) is 0.817. The Kier molecular flexibility index (Phi) is 7.27. The second-order valence-corrected chi connectivity index (χ2v) is 9.33. The first-order valence-corrected chi connectivity index (χ1v) is 11.9. The third-order valence-corrected chi connectivity index (χ3v) is 6.87. The van der Waals surface area contributed by atoms with Crippen molar-refractivity contribution in [3.8, 4) is 5.75 Å². The number of halogens is 1. The summed E-state index contributed by atoms with van der Waals surface area (Å²) in [7, 11) is 0. The Labute approximate surface area is 182 Å². The molecule has 29 heavy (non-hydrogen) atoms. The van der Waals surface area contributed by atoms with E-state index in [9.17, 15) is 4.79 Å². The second kappa shape index (κ2) is 10.1. The zero-order valence-electron chi connectivity index (χ0n) is 17.2. The van der Waals surface area contributed by atoms with Gasteiger partial charge in [-0.05, 0) is 89.1 Å². The predicted octanol–water partition coefficient (Wildman–Crippen LogP) is 3.68. The van der Waals surface area contributed by atoms with Gasteiger partial charge in [0.1, 0.15) is 12.4 Å². The number of piperidine rings is 2. The van der Waals surface area contributed by atoms with Crippen LogP contribution < -0.4 is 10.1 Å². The smallest absolute Gasteiger partial charge is 0.250 e. The number of hydrogen-bond donors (Lipinski definition) is 1. The molecule has 0 spiro atoms. The molecule has 1 aromatic rings. The molecule has 3 aliphatic heterocycles. The highest BCUT2D eigenvalue weighted by atomic mass is 79.9. The molecule has 2 saturated heterocycles. The van der Waals surface area contributed by atoms with E-state index in [0.29, 0.717) is 18.7 Å². The van der Waals surface area contributed by atoms with Gasteiger partial charge in [-0.2, -0.15) is 0 Å². The van der Waals surface area contributed by atoms with Crippen molar-refractivity contribution in [3.63, 3.8) is 0 Å². The Balaban J connectivity index is 1.15. The van der Waals surface area contributed by atoms with Crippen LogP contribution in [0.3, 0.4) is 0 Å². The number of nitrogens with zero attached hydrogens (tertiary/aromatic N) is 2. The number of carbonyl (C=O) groups excluding carboxylic acids is 1. The fourth-order valence-electron chi connectivity index (χ4n) is 4.69. The lowest BCUT2D eigenvalue weighted by Crippen LogP contribution is -2.47. The topological polar surface area (TPSA) is 44.8 Å². The molecule has 0 radical (unpaired) electrons. The molecule has 0 aromatic heterocycles. The van der Waals surface area contributed by atoms with E-state index in [0.717, 1.165) is 34.8 Å². The average molecular weight is 462 g/mol. The lowest BCUT2D eigenvalue weighted by Gasteiger charge is -2.40. The van der Waals surface area contributed by atoms with Gasteiger partial charge in [-0.1, -0.05) is 22.4 Å². The normalized spacial score (nSPS) is 21.2. The summed E-state index contributed by atoms with van der Waals surface area (Å²) >= 11 is 3.47. The fourth-order valence-corrected chi connectivity index (χ4v) is 5.07. The Morgan fingerprint density at radius 1 is 1.14 bits per heavy atom. The maximum absolute atomic E-state index is 12.5. The van der Waals surface area contributed by atoms with Crippen LogP contribution in [0.1, 0.15) is 44.1 Å². The monoisotopic (exact) mass is 461 g/mol. The minimum absolute atomic E-state index is 0.0144. The number of ether oxygens (including phenoxy) is 1. The highest BCUT2D eigenvalue weighted by Crippen LogP contribution is 2.29. The van der Waals surface area contributed by atoms with E-state index in [4.69, 9.17) is 4.74 Å². The van der Waals surface area contributed by atoms with Gasteiger partial charge in [-0.3, -0.25) is 4.79 Å². The predicted molar refractivity (Wildman–Crippen MR) is 120 cm³/mol. The van der Waals surface area contributed by atoms with Crippen molar-refractivity contribution in [2.45, 2.75) is 44.6 Å². The molecule has 0 bridgehead atoms. The van der Waals surface area contributed by atoms with Gasteiger partial charge in [0.25, 0.3) is 5.91 Å². The number of benzene rings is 1. The molecule has 0 atom stereocenters. The van der Waals surface area contributed by atoms with Gasteiger partial charge in [0.05, 0.1) is 5.57 Å². The van der Waals surface area contributed by atoms with Crippen LogP contribution in [0.5, 0.6) is 5.75 Å². The summed E-state index contributed by atoms with van der Waals surface area (Å²) in [6, 6.07) is 6.66. The summed E-state index contributed by atoms with van der Waals surface area (Å²) in [5, 5.41) is 3.06. The van der Waals surface area contributed by atoms with Gasteiger partial charge in [0.15, 0.2) is 0 Å². The third-order valence-electron chi connectivity index (χ3n) is 6.38. The van der Waals surface area contributed by atoms with Crippen LogP contribution in [-0.4, -0.2) is 67.6 Å².